The Balaban J connectivity index is 1.87. The quantitative estimate of drug-likeness (QED) is 0.697. The summed E-state index contributed by atoms with van der Waals surface area (Å²) in [4.78, 5) is 0. The first kappa shape index (κ1) is 11.6. The molecule has 1 atom stereocenters. The van der Waals surface area contributed by atoms with Gasteiger partial charge in [-0.3, -0.25) is 0 Å². The Kier molecular flexibility index (Phi) is 2.55. The van der Waals surface area contributed by atoms with Crippen LogP contribution in [0.4, 0.5) is 0 Å². The minimum absolute atomic E-state index is 0.199. The second-order valence-corrected chi connectivity index (χ2v) is 7.63. The fraction of sp³-hybridized carbons (Fsp3) is 0.938. The molecule has 4 fully saturated rings. The summed E-state index contributed by atoms with van der Waals surface area (Å²) < 4.78 is 0. The van der Waals surface area contributed by atoms with Gasteiger partial charge in [-0.15, -0.1) is 0 Å². The lowest BCUT2D eigenvalue weighted by atomic mass is 9.46. The predicted molar refractivity (Wildman–Crippen MR) is 69.1 cm³/mol. The summed E-state index contributed by atoms with van der Waals surface area (Å²) >= 11 is 0. The molecule has 0 aromatic rings. The molecule has 4 rings (SSSR count). The normalized spacial score (nSPS) is 45.6. The van der Waals surface area contributed by atoms with Crippen molar-refractivity contribution < 1.29 is 0 Å². The second kappa shape index (κ2) is 3.74. The molecule has 4 aliphatic carbocycles. The first-order valence-electron chi connectivity index (χ1n) is 7.42. The van der Waals surface area contributed by atoms with Gasteiger partial charge in [0.2, 0.25) is 0 Å². The molecule has 0 radical (unpaired) electrons. The summed E-state index contributed by atoms with van der Waals surface area (Å²) in [6, 6.07) is 2.51. The van der Waals surface area contributed by atoms with Gasteiger partial charge < -0.3 is 0 Å². The Morgan fingerprint density at radius 1 is 1.00 bits per heavy atom. The molecule has 0 aliphatic heterocycles. The second-order valence-electron chi connectivity index (χ2n) is 7.63. The SMILES string of the molecule is CC(C#N)C(C)(C)C1C2CC3CC(C2)CC1C3. The summed E-state index contributed by atoms with van der Waals surface area (Å²) in [5, 5.41) is 9.28. The summed E-state index contributed by atoms with van der Waals surface area (Å²) in [6.07, 6.45) is 7.41. The molecular formula is C16H25N. The van der Waals surface area contributed by atoms with Crippen molar-refractivity contribution in [2.24, 2.45) is 40.9 Å². The molecule has 0 N–H and O–H groups in total. The van der Waals surface area contributed by atoms with Gasteiger partial charge >= 0.3 is 0 Å². The number of nitrogens with zero attached hydrogens (tertiary/aromatic N) is 1. The number of hydrogen-bond donors (Lipinski definition) is 0. The van der Waals surface area contributed by atoms with E-state index in [9.17, 15) is 5.26 Å². The minimum Gasteiger partial charge on any atom is -0.198 e. The zero-order valence-corrected chi connectivity index (χ0v) is 11.4. The lowest BCUT2D eigenvalue weighted by molar-refractivity contribution is -0.0956. The van der Waals surface area contributed by atoms with Crippen LogP contribution in [0.15, 0.2) is 0 Å². The number of nitriles is 1. The van der Waals surface area contributed by atoms with Gasteiger partial charge in [0.15, 0.2) is 0 Å². The van der Waals surface area contributed by atoms with Crippen molar-refractivity contribution in [3.05, 3.63) is 0 Å². The van der Waals surface area contributed by atoms with Crippen molar-refractivity contribution in [2.45, 2.75) is 52.9 Å². The Bertz CT molecular complexity index is 321. The maximum Gasteiger partial charge on any atom is 0.0658 e. The van der Waals surface area contributed by atoms with E-state index in [1.165, 1.54) is 32.1 Å². The first-order chi connectivity index (χ1) is 8.02. The van der Waals surface area contributed by atoms with Crippen molar-refractivity contribution in [1.29, 1.82) is 5.26 Å². The van der Waals surface area contributed by atoms with Gasteiger partial charge in [-0.2, -0.15) is 5.26 Å². The van der Waals surface area contributed by atoms with E-state index in [0.717, 1.165) is 29.6 Å². The van der Waals surface area contributed by atoms with Crippen LogP contribution in [0.2, 0.25) is 0 Å². The van der Waals surface area contributed by atoms with Gasteiger partial charge in [-0.1, -0.05) is 13.8 Å². The molecule has 4 aliphatic rings. The predicted octanol–water partition coefficient (Wildman–Crippen LogP) is 4.24. The number of hydrogen-bond acceptors (Lipinski definition) is 1. The standard InChI is InChI=1S/C16H25N/c1-10(9-17)16(2,3)15-13-5-11-4-12(7-13)8-14(15)6-11/h10-15H,4-8H2,1-3H3. The lowest BCUT2D eigenvalue weighted by Gasteiger charge is -2.59. The molecule has 1 unspecified atom stereocenters. The molecule has 17 heavy (non-hydrogen) atoms. The molecule has 0 saturated heterocycles. The molecular weight excluding hydrogens is 206 g/mol. The van der Waals surface area contributed by atoms with Crippen LogP contribution in [0.1, 0.15) is 52.9 Å². The van der Waals surface area contributed by atoms with Crippen LogP contribution in [-0.4, -0.2) is 0 Å². The van der Waals surface area contributed by atoms with Gasteiger partial charge in [0.25, 0.3) is 0 Å². The van der Waals surface area contributed by atoms with E-state index in [-0.39, 0.29) is 11.3 Å². The van der Waals surface area contributed by atoms with Crippen LogP contribution in [0.25, 0.3) is 0 Å². The summed E-state index contributed by atoms with van der Waals surface area (Å²) in [5.41, 5.74) is 0.220. The summed E-state index contributed by atoms with van der Waals surface area (Å²) in [5.74, 6) is 4.99. The molecule has 94 valence electrons. The summed E-state index contributed by atoms with van der Waals surface area (Å²) in [7, 11) is 0. The maximum atomic E-state index is 9.28. The third-order valence-corrected chi connectivity index (χ3v) is 6.40. The van der Waals surface area contributed by atoms with E-state index in [1.807, 2.05) is 0 Å². The van der Waals surface area contributed by atoms with E-state index in [1.54, 1.807) is 0 Å². The highest BCUT2D eigenvalue weighted by molar-refractivity contribution is 5.05. The fourth-order valence-corrected chi connectivity index (χ4v) is 5.60. The van der Waals surface area contributed by atoms with Gasteiger partial charge in [0.1, 0.15) is 0 Å². The van der Waals surface area contributed by atoms with Gasteiger partial charge in [0.05, 0.1) is 6.07 Å². The van der Waals surface area contributed by atoms with Crippen LogP contribution in [-0.2, 0) is 0 Å². The fourth-order valence-electron chi connectivity index (χ4n) is 5.60. The third kappa shape index (κ3) is 1.64. The van der Waals surface area contributed by atoms with Crippen LogP contribution >= 0.6 is 0 Å². The molecule has 1 nitrogen and oxygen atoms in total. The van der Waals surface area contributed by atoms with Crippen LogP contribution in [0.3, 0.4) is 0 Å². The minimum atomic E-state index is 0.199. The monoisotopic (exact) mass is 231 g/mol. The lowest BCUT2D eigenvalue weighted by Crippen LogP contribution is -2.51. The van der Waals surface area contributed by atoms with Crippen molar-refractivity contribution >= 4 is 0 Å². The van der Waals surface area contributed by atoms with E-state index >= 15 is 0 Å². The smallest absolute Gasteiger partial charge is 0.0658 e. The Morgan fingerprint density at radius 2 is 1.47 bits per heavy atom. The highest BCUT2D eigenvalue weighted by Crippen LogP contribution is 2.61. The third-order valence-electron chi connectivity index (χ3n) is 6.40. The van der Waals surface area contributed by atoms with Crippen molar-refractivity contribution in [1.82, 2.24) is 0 Å². The van der Waals surface area contributed by atoms with Crippen LogP contribution < -0.4 is 0 Å². The van der Waals surface area contributed by atoms with E-state index in [0.29, 0.717) is 0 Å². The molecule has 0 aromatic heterocycles. The highest BCUT2D eigenvalue weighted by atomic mass is 14.6. The summed E-state index contributed by atoms with van der Waals surface area (Å²) in [6.45, 7) is 6.84. The van der Waals surface area contributed by atoms with E-state index in [4.69, 9.17) is 0 Å². The highest BCUT2D eigenvalue weighted by Gasteiger charge is 2.53. The zero-order chi connectivity index (χ0) is 12.2. The largest absolute Gasteiger partial charge is 0.198 e. The average Bonchev–Trinajstić information content (AvgIpc) is 2.25. The Labute approximate surface area is 106 Å². The Hall–Kier alpha value is -0.510. The van der Waals surface area contributed by atoms with Gasteiger partial charge in [-0.25, -0.2) is 0 Å². The number of rotatable bonds is 2. The Morgan fingerprint density at radius 3 is 1.88 bits per heavy atom. The van der Waals surface area contributed by atoms with Gasteiger partial charge in [0, 0.05) is 5.92 Å². The van der Waals surface area contributed by atoms with Crippen LogP contribution in [0, 0.1) is 52.3 Å². The van der Waals surface area contributed by atoms with Crippen molar-refractivity contribution in [3.63, 3.8) is 0 Å². The molecule has 0 spiro atoms. The molecule has 0 amide bonds. The molecule has 0 heterocycles. The molecule has 1 heteroatoms. The van der Waals surface area contributed by atoms with E-state index in [2.05, 4.69) is 26.8 Å². The maximum absolute atomic E-state index is 9.28. The van der Waals surface area contributed by atoms with Crippen molar-refractivity contribution in [3.8, 4) is 6.07 Å². The van der Waals surface area contributed by atoms with Crippen molar-refractivity contribution in [2.75, 3.05) is 0 Å². The van der Waals surface area contributed by atoms with Gasteiger partial charge in [-0.05, 0) is 74.0 Å². The topological polar surface area (TPSA) is 23.8 Å². The molecule has 4 bridgehead atoms. The van der Waals surface area contributed by atoms with Crippen LogP contribution in [0.5, 0.6) is 0 Å². The molecule has 4 saturated carbocycles. The molecule has 0 aromatic carbocycles. The zero-order valence-electron chi connectivity index (χ0n) is 11.4. The first-order valence-corrected chi connectivity index (χ1v) is 7.42. The van der Waals surface area contributed by atoms with E-state index < -0.39 is 0 Å². The average molecular weight is 231 g/mol.